The molecule has 8 heteroatoms. The number of halogens is 1. The van der Waals surface area contributed by atoms with E-state index in [4.69, 9.17) is 20.8 Å². The van der Waals surface area contributed by atoms with Crippen molar-refractivity contribution in [2.24, 2.45) is 0 Å². The molecule has 0 aliphatic carbocycles. The second-order valence-electron chi connectivity index (χ2n) is 7.48. The highest BCUT2D eigenvalue weighted by Gasteiger charge is 2.18. The lowest BCUT2D eigenvalue weighted by atomic mass is 10.0. The van der Waals surface area contributed by atoms with Gasteiger partial charge < -0.3 is 14.5 Å². The number of ether oxygens (including phenoxy) is 1. The summed E-state index contributed by atoms with van der Waals surface area (Å²) >= 11 is 6.20. The number of aromatic nitrogens is 2. The Morgan fingerprint density at radius 1 is 1.06 bits per heavy atom. The first-order chi connectivity index (χ1) is 15.9. The average Bonchev–Trinajstić information content (AvgIpc) is 3.44. The number of methoxy groups -OCH3 is 1. The van der Waals surface area contributed by atoms with Gasteiger partial charge in [-0.15, -0.1) is 0 Å². The summed E-state index contributed by atoms with van der Waals surface area (Å²) in [6.07, 6.45) is 1.78. The highest BCUT2D eigenvalue weighted by Crippen LogP contribution is 2.28. The van der Waals surface area contributed by atoms with Crippen LogP contribution in [-0.4, -0.2) is 28.4 Å². The van der Waals surface area contributed by atoms with Gasteiger partial charge in [0.1, 0.15) is 11.6 Å². The van der Waals surface area contributed by atoms with E-state index in [0.29, 0.717) is 33.5 Å². The summed E-state index contributed by atoms with van der Waals surface area (Å²) in [5.74, 6) is 0.475. The number of aryl methyl sites for hydroxylation is 1. The molecule has 5 rings (SSSR count). The molecule has 0 spiro atoms. The van der Waals surface area contributed by atoms with Crippen LogP contribution in [0.5, 0.6) is 0 Å². The molecule has 0 saturated carbocycles. The summed E-state index contributed by atoms with van der Waals surface area (Å²) in [7, 11) is 1.35. The molecule has 1 amide bonds. The van der Waals surface area contributed by atoms with Gasteiger partial charge in [0.15, 0.2) is 11.4 Å². The minimum atomic E-state index is -0.394. The van der Waals surface area contributed by atoms with Gasteiger partial charge in [0, 0.05) is 11.8 Å². The Hall–Kier alpha value is -4.10. The average molecular weight is 460 g/mol. The topological polar surface area (TPSA) is 85.8 Å². The molecular formula is C25H18ClN3O4. The summed E-state index contributed by atoms with van der Waals surface area (Å²) in [4.78, 5) is 29.0. The van der Waals surface area contributed by atoms with E-state index in [9.17, 15) is 9.59 Å². The maximum atomic E-state index is 12.9. The van der Waals surface area contributed by atoms with Crippen LogP contribution < -0.4 is 5.32 Å². The zero-order valence-corrected chi connectivity index (χ0v) is 18.5. The molecule has 5 aromatic rings. The number of nitrogens with one attached hydrogen (secondary N) is 1. The Morgan fingerprint density at radius 3 is 2.67 bits per heavy atom. The fraction of sp³-hybridized carbons (Fsp3) is 0.0800. The number of benzene rings is 2. The van der Waals surface area contributed by atoms with Crippen LogP contribution in [0.4, 0.5) is 5.82 Å². The van der Waals surface area contributed by atoms with Crippen molar-refractivity contribution in [3.8, 4) is 11.3 Å². The van der Waals surface area contributed by atoms with Crippen LogP contribution in [-0.2, 0) is 4.74 Å². The molecule has 1 N–H and O–H groups in total. The Labute approximate surface area is 193 Å². The third-order valence-corrected chi connectivity index (χ3v) is 5.68. The second kappa shape index (κ2) is 8.11. The number of rotatable bonds is 4. The van der Waals surface area contributed by atoms with Gasteiger partial charge in [0.2, 0.25) is 0 Å². The number of hydrogen-bond donors (Lipinski definition) is 1. The van der Waals surface area contributed by atoms with Gasteiger partial charge in [0.25, 0.3) is 5.91 Å². The normalized spacial score (nSPS) is 11.1. The fourth-order valence-electron chi connectivity index (χ4n) is 3.73. The number of amides is 1. The van der Waals surface area contributed by atoms with E-state index in [-0.39, 0.29) is 11.7 Å². The Morgan fingerprint density at radius 2 is 1.85 bits per heavy atom. The molecule has 0 bridgehead atoms. The lowest BCUT2D eigenvalue weighted by Crippen LogP contribution is -2.13. The van der Waals surface area contributed by atoms with Crippen molar-refractivity contribution in [1.29, 1.82) is 0 Å². The number of esters is 1. The summed E-state index contributed by atoms with van der Waals surface area (Å²) in [5, 5.41) is 5.18. The Bertz CT molecular complexity index is 1550. The van der Waals surface area contributed by atoms with Crippen molar-refractivity contribution in [2.45, 2.75) is 6.92 Å². The summed E-state index contributed by atoms with van der Waals surface area (Å²) in [6, 6.07) is 17.9. The lowest BCUT2D eigenvalue weighted by Gasteiger charge is -2.05. The SMILES string of the molecule is COC(=O)c1ccc2cc(-c3ccc(C(=O)Nc4c(C)nc5c(Cl)cccn45)o3)ccc2c1. The highest BCUT2D eigenvalue weighted by molar-refractivity contribution is 6.33. The first-order valence-corrected chi connectivity index (χ1v) is 10.5. The fourth-order valence-corrected chi connectivity index (χ4v) is 3.93. The van der Waals surface area contributed by atoms with E-state index in [1.54, 1.807) is 53.9 Å². The van der Waals surface area contributed by atoms with Crippen LogP contribution >= 0.6 is 11.6 Å². The molecule has 0 radical (unpaired) electrons. The van der Waals surface area contributed by atoms with E-state index in [0.717, 1.165) is 16.3 Å². The number of fused-ring (bicyclic) bond motifs is 2. The number of imidazole rings is 1. The lowest BCUT2D eigenvalue weighted by molar-refractivity contribution is 0.0600. The van der Waals surface area contributed by atoms with E-state index < -0.39 is 5.91 Å². The van der Waals surface area contributed by atoms with Crippen LogP contribution in [0.2, 0.25) is 5.02 Å². The number of hydrogen-bond acceptors (Lipinski definition) is 5. The first-order valence-electron chi connectivity index (χ1n) is 10.1. The van der Waals surface area contributed by atoms with Crippen LogP contribution in [0.1, 0.15) is 26.6 Å². The van der Waals surface area contributed by atoms with Gasteiger partial charge >= 0.3 is 5.97 Å². The van der Waals surface area contributed by atoms with Crippen molar-refractivity contribution in [2.75, 3.05) is 12.4 Å². The number of anilines is 1. The largest absolute Gasteiger partial charge is 0.465 e. The van der Waals surface area contributed by atoms with Gasteiger partial charge in [-0.25, -0.2) is 9.78 Å². The van der Waals surface area contributed by atoms with Crippen molar-refractivity contribution >= 4 is 45.7 Å². The molecule has 0 aliphatic rings. The van der Waals surface area contributed by atoms with Crippen molar-refractivity contribution in [3.05, 3.63) is 88.9 Å². The zero-order chi connectivity index (χ0) is 23.1. The molecule has 7 nitrogen and oxygen atoms in total. The maximum absolute atomic E-state index is 12.9. The van der Waals surface area contributed by atoms with Crippen LogP contribution in [0.15, 0.2) is 71.3 Å². The molecular weight excluding hydrogens is 442 g/mol. The predicted molar refractivity (Wildman–Crippen MR) is 126 cm³/mol. The molecule has 0 unspecified atom stereocenters. The molecule has 33 heavy (non-hydrogen) atoms. The molecule has 0 fully saturated rings. The van der Waals surface area contributed by atoms with E-state index in [1.807, 2.05) is 24.3 Å². The molecule has 0 atom stereocenters. The molecule has 3 heterocycles. The van der Waals surface area contributed by atoms with Crippen LogP contribution in [0.3, 0.4) is 0 Å². The van der Waals surface area contributed by atoms with Gasteiger partial charge in [0.05, 0.1) is 23.4 Å². The van der Waals surface area contributed by atoms with Gasteiger partial charge in [-0.2, -0.15) is 0 Å². The Kier molecular flexibility index (Phi) is 5.11. The minimum Gasteiger partial charge on any atom is -0.465 e. The third-order valence-electron chi connectivity index (χ3n) is 5.38. The van der Waals surface area contributed by atoms with E-state index in [2.05, 4.69) is 10.3 Å². The van der Waals surface area contributed by atoms with Gasteiger partial charge in [-0.1, -0.05) is 29.8 Å². The van der Waals surface area contributed by atoms with Gasteiger partial charge in [-0.05, 0) is 60.2 Å². The standard InChI is InChI=1S/C25H18ClN3O4/c1-14-22(29-11-3-4-19(26)23(29)27-14)28-24(30)21-10-9-20(33-21)17-7-5-16-13-18(25(31)32-2)8-6-15(16)12-17/h3-13H,1-2H3,(H,28,30). The molecule has 164 valence electrons. The van der Waals surface area contributed by atoms with Crippen molar-refractivity contribution < 1.29 is 18.7 Å². The summed E-state index contributed by atoms with van der Waals surface area (Å²) in [6.45, 7) is 1.80. The number of carbonyl (C=O) groups is 2. The first kappa shape index (κ1) is 20.8. The second-order valence-corrected chi connectivity index (χ2v) is 7.89. The molecule has 3 aromatic heterocycles. The number of furan rings is 1. The van der Waals surface area contributed by atoms with Crippen molar-refractivity contribution in [1.82, 2.24) is 9.38 Å². The number of nitrogens with zero attached hydrogens (tertiary/aromatic N) is 2. The van der Waals surface area contributed by atoms with Crippen LogP contribution in [0, 0.1) is 6.92 Å². The highest BCUT2D eigenvalue weighted by atomic mass is 35.5. The van der Waals surface area contributed by atoms with E-state index >= 15 is 0 Å². The number of carbonyl (C=O) groups excluding carboxylic acids is 2. The minimum absolute atomic E-state index is 0.169. The molecule has 0 saturated heterocycles. The van der Waals surface area contributed by atoms with Gasteiger partial charge in [-0.3, -0.25) is 9.20 Å². The smallest absolute Gasteiger partial charge is 0.337 e. The zero-order valence-electron chi connectivity index (χ0n) is 17.8. The molecule has 0 aliphatic heterocycles. The molecule has 2 aromatic carbocycles. The summed E-state index contributed by atoms with van der Waals surface area (Å²) < 4.78 is 12.3. The maximum Gasteiger partial charge on any atom is 0.337 e. The van der Waals surface area contributed by atoms with E-state index in [1.165, 1.54) is 7.11 Å². The monoisotopic (exact) mass is 459 g/mol. The Balaban J connectivity index is 1.41. The third kappa shape index (κ3) is 3.72. The quantitative estimate of drug-likeness (QED) is 0.346. The van der Waals surface area contributed by atoms with Crippen molar-refractivity contribution in [3.63, 3.8) is 0 Å². The number of pyridine rings is 1. The van der Waals surface area contributed by atoms with Crippen LogP contribution in [0.25, 0.3) is 27.7 Å². The predicted octanol–water partition coefficient (Wildman–Crippen LogP) is 5.75. The summed E-state index contributed by atoms with van der Waals surface area (Å²) in [5.41, 5.74) is 2.51.